The van der Waals surface area contributed by atoms with E-state index in [9.17, 15) is 10.1 Å². The van der Waals surface area contributed by atoms with E-state index in [2.05, 4.69) is 9.80 Å². The molecule has 2 aromatic carbocycles. The summed E-state index contributed by atoms with van der Waals surface area (Å²) in [5.41, 5.74) is 2.28. The lowest BCUT2D eigenvalue weighted by Gasteiger charge is -2.43. The highest BCUT2D eigenvalue weighted by Gasteiger charge is 2.34. The summed E-state index contributed by atoms with van der Waals surface area (Å²) in [7, 11) is 3.30. The van der Waals surface area contributed by atoms with Gasteiger partial charge in [-0.1, -0.05) is 24.3 Å². The van der Waals surface area contributed by atoms with E-state index in [0.29, 0.717) is 18.8 Å². The van der Waals surface area contributed by atoms with Crippen LogP contribution in [0.2, 0.25) is 0 Å². The van der Waals surface area contributed by atoms with Crippen LogP contribution < -0.4 is 9.47 Å². The van der Waals surface area contributed by atoms with Gasteiger partial charge in [-0.3, -0.25) is 19.9 Å². The second kappa shape index (κ2) is 9.84. The zero-order valence-electron chi connectivity index (χ0n) is 18.3. The van der Waals surface area contributed by atoms with Gasteiger partial charge in [0.15, 0.2) is 0 Å². The molecule has 168 valence electrons. The Morgan fingerprint density at radius 3 is 1.78 bits per heavy atom. The standard InChI is InChI=1S/C24H27N3O5/c1-30-20-8-4-18(5-9-20)16-25-14-3-15-26(17-19-6-10-21(31-2)11-7-19)24(25)22-12-13-23(32-22)27(28)29/h4-13,24H,3,14-17H2,1-2H3. The lowest BCUT2D eigenvalue weighted by atomic mass is 10.1. The zero-order chi connectivity index (χ0) is 22.5. The van der Waals surface area contributed by atoms with Crippen molar-refractivity contribution in [3.63, 3.8) is 0 Å². The molecule has 0 aliphatic carbocycles. The molecule has 1 aliphatic rings. The Kier molecular flexibility index (Phi) is 6.72. The molecule has 0 bridgehead atoms. The number of hydrogen-bond acceptors (Lipinski definition) is 7. The Labute approximate surface area is 187 Å². The first-order valence-electron chi connectivity index (χ1n) is 10.6. The maximum absolute atomic E-state index is 11.2. The lowest BCUT2D eigenvalue weighted by molar-refractivity contribution is -0.402. The minimum atomic E-state index is -0.492. The summed E-state index contributed by atoms with van der Waals surface area (Å²) < 4.78 is 16.2. The third-order valence-corrected chi connectivity index (χ3v) is 5.72. The fourth-order valence-corrected chi connectivity index (χ4v) is 4.15. The molecule has 3 aromatic rings. The van der Waals surface area contributed by atoms with Crippen LogP contribution in [0.5, 0.6) is 11.5 Å². The number of rotatable bonds is 8. The fraction of sp³-hybridized carbons (Fsp3) is 0.333. The quantitative estimate of drug-likeness (QED) is 0.376. The summed E-state index contributed by atoms with van der Waals surface area (Å²) in [6.45, 7) is 3.12. The summed E-state index contributed by atoms with van der Waals surface area (Å²) >= 11 is 0. The predicted octanol–water partition coefficient (Wildman–Crippen LogP) is 4.61. The van der Waals surface area contributed by atoms with Gasteiger partial charge in [0.05, 0.1) is 20.3 Å². The van der Waals surface area contributed by atoms with E-state index in [1.165, 1.54) is 6.07 Å². The predicted molar refractivity (Wildman–Crippen MR) is 120 cm³/mol. The number of furan rings is 1. The molecule has 8 heteroatoms. The number of methoxy groups -OCH3 is 2. The Bertz CT molecular complexity index is 975. The number of nitro groups is 1. The molecule has 0 radical (unpaired) electrons. The van der Waals surface area contributed by atoms with Gasteiger partial charge in [-0.25, -0.2) is 0 Å². The summed E-state index contributed by atoms with van der Waals surface area (Å²) in [6, 6.07) is 19.1. The van der Waals surface area contributed by atoms with E-state index in [4.69, 9.17) is 13.9 Å². The number of nitrogens with zero attached hydrogens (tertiary/aromatic N) is 3. The van der Waals surface area contributed by atoms with Crippen molar-refractivity contribution in [1.82, 2.24) is 9.80 Å². The van der Waals surface area contributed by atoms with Crippen molar-refractivity contribution < 1.29 is 18.8 Å². The van der Waals surface area contributed by atoms with Gasteiger partial charge in [0.25, 0.3) is 0 Å². The minimum Gasteiger partial charge on any atom is -0.497 e. The molecule has 0 saturated carbocycles. The molecular formula is C24H27N3O5. The molecule has 2 heterocycles. The minimum absolute atomic E-state index is 0.207. The molecule has 0 amide bonds. The topological polar surface area (TPSA) is 81.2 Å². The summed E-state index contributed by atoms with van der Waals surface area (Å²) in [5.74, 6) is 1.97. The van der Waals surface area contributed by atoms with Crippen molar-refractivity contribution in [3.8, 4) is 11.5 Å². The maximum atomic E-state index is 11.2. The largest absolute Gasteiger partial charge is 0.497 e. The van der Waals surface area contributed by atoms with Crippen LogP contribution in [0.15, 0.2) is 65.1 Å². The van der Waals surface area contributed by atoms with Crippen molar-refractivity contribution >= 4 is 5.88 Å². The van der Waals surface area contributed by atoms with Gasteiger partial charge in [-0.2, -0.15) is 0 Å². The zero-order valence-corrected chi connectivity index (χ0v) is 18.3. The van der Waals surface area contributed by atoms with E-state index < -0.39 is 4.92 Å². The van der Waals surface area contributed by atoms with Gasteiger partial charge in [0.2, 0.25) is 0 Å². The molecule has 4 rings (SSSR count). The van der Waals surface area contributed by atoms with E-state index in [1.54, 1.807) is 20.3 Å². The second-order valence-corrected chi connectivity index (χ2v) is 7.80. The van der Waals surface area contributed by atoms with Crippen LogP contribution in [0.4, 0.5) is 5.88 Å². The summed E-state index contributed by atoms with van der Waals surface area (Å²) in [5, 5.41) is 11.2. The molecule has 0 atom stereocenters. The molecule has 0 spiro atoms. The third-order valence-electron chi connectivity index (χ3n) is 5.72. The van der Waals surface area contributed by atoms with Crippen molar-refractivity contribution in [3.05, 3.63) is 87.7 Å². The van der Waals surface area contributed by atoms with E-state index in [0.717, 1.165) is 42.1 Å². The fourth-order valence-electron chi connectivity index (χ4n) is 4.15. The van der Waals surface area contributed by atoms with Gasteiger partial charge in [-0.05, 0) is 47.9 Å². The molecular weight excluding hydrogens is 410 g/mol. The third kappa shape index (κ3) is 4.92. The number of hydrogen-bond donors (Lipinski definition) is 0. The van der Waals surface area contributed by atoms with E-state index in [1.807, 2.05) is 48.5 Å². The smallest absolute Gasteiger partial charge is 0.433 e. The van der Waals surface area contributed by atoms with Gasteiger partial charge in [-0.15, -0.1) is 0 Å². The Morgan fingerprint density at radius 2 is 1.38 bits per heavy atom. The molecule has 1 fully saturated rings. The Morgan fingerprint density at radius 1 is 0.875 bits per heavy atom. The Hall–Kier alpha value is -3.36. The first kappa shape index (κ1) is 21.9. The molecule has 1 aromatic heterocycles. The van der Waals surface area contributed by atoms with Crippen molar-refractivity contribution in [1.29, 1.82) is 0 Å². The molecule has 0 N–H and O–H groups in total. The highest BCUT2D eigenvalue weighted by Crippen LogP contribution is 2.34. The summed E-state index contributed by atoms with van der Waals surface area (Å²) in [4.78, 5) is 15.3. The van der Waals surface area contributed by atoms with Gasteiger partial charge >= 0.3 is 5.88 Å². The van der Waals surface area contributed by atoms with Gasteiger partial charge in [0, 0.05) is 26.2 Å². The second-order valence-electron chi connectivity index (χ2n) is 7.80. The van der Waals surface area contributed by atoms with Crippen LogP contribution in [0.1, 0.15) is 29.5 Å². The van der Waals surface area contributed by atoms with Crippen molar-refractivity contribution in [2.24, 2.45) is 0 Å². The van der Waals surface area contributed by atoms with Crippen LogP contribution in [0.3, 0.4) is 0 Å². The number of ether oxygens (including phenoxy) is 2. The monoisotopic (exact) mass is 437 g/mol. The first-order chi connectivity index (χ1) is 15.6. The van der Waals surface area contributed by atoms with Crippen LogP contribution in [-0.4, -0.2) is 42.0 Å². The highest BCUT2D eigenvalue weighted by atomic mass is 16.6. The van der Waals surface area contributed by atoms with Crippen LogP contribution in [-0.2, 0) is 13.1 Å². The highest BCUT2D eigenvalue weighted by molar-refractivity contribution is 5.29. The van der Waals surface area contributed by atoms with Crippen molar-refractivity contribution in [2.75, 3.05) is 27.3 Å². The average Bonchev–Trinajstić information content (AvgIpc) is 3.30. The maximum Gasteiger partial charge on any atom is 0.433 e. The SMILES string of the molecule is COc1ccc(CN2CCCN(Cc3ccc(OC)cc3)C2c2ccc([N+](=O)[O-])o2)cc1. The number of benzene rings is 2. The molecule has 32 heavy (non-hydrogen) atoms. The summed E-state index contributed by atoms with van der Waals surface area (Å²) in [6.07, 6.45) is 0.785. The lowest BCUT2D eigenvalue weighted by Crippen LogP contribution is -2.46. The van der Waals surface area contributed by atoms with Crippen LogP contribution >= 0.6 is 0 Å². The molecule has 8 nitrogen and oxygen atoms in total. The van der Waals surface area contributed by atoms with Gasteiger partial charge < -0.3 is 13.9 Å². The molecule has 1 saturated heterocycles. The van der Waals surface area contributed by atoms with E-state index >= 15 is 0 Å². The molecule has 1 aliphatic heterocycles. The normalized spacial score (nSPS) is 15.6. The van der Waals surface area contributed by atoms with E-state index in [-0.39, 0.29) is 12.0 Å². The Balaban J connectivity index is 1.61. The molecule has 0 unspecified atom stereocenters. The van der Waals surface area contributed by atoms with Crippen LogP contribution in [0.25, 0.3) is 0 Å². The average molecular weight is 437 g/mol. The van der Waals surface area contributed by atoms with Crippen LogP contribution in [0, 0.1) is 10.1 Å². The first-order valence-corrected chi connectivity index (χ1v) is 10.6. The van der Waals surface area contributed by atoms with Gasteiger partial charge in [0.1, 0.15) is 28.3 Å². The van der Waals surface area contributed by atoms with Crippen molar-refractivity contribution in [2.45, 2.75) is 25.7 Å².